The Balaban J connectivity index is 1.33. The number of piperazine rings is 1. The van der Waals surface area contributed by atoms with Crippen molar-refractivity contribution in [2.24, 2.45) is 0 Å². The third-order valence-electron chi connectivity index (χ3n) is 5.90. The van der Waals surface area contributed by atoms with E-state index >= 15 is 0 Å². The minimum atomic E-state index is 0.699. The zero-order valence-electron chi connectivity index (χ0n) is 18.3. The normalized spacial score (nSPS) is 14.6. The van der Waals surface area contributed by atoms with Crippen molar-refractivity contribution in [1.29, 1.82) is 0 Å². The zero-order chi connectivity index (χ0) is 21.9. The first kappa shape index (κ1) is 20.3. The van der Waals surface area contributed by atoms with Gasteiger partial charge in [0, 0.05) is 62.4 Å². The second-order valence-corrected chi connectivity index (χ2v) is 7.75. The van der Waals surface area contributed by atoms with Gasteiger partial charge in [-0.3, -0.25) is 9.30 Å². The standard InChI is InChI=1S/C24H26N6O2/c1-31-20-7-5-18(6-8-20)21-16-27-23-22(25-10-11-30(21)23)29-14-12-28(13-15-29)17-19-4-3-9-26-24(19)32-2/h3-11,16H,12-15,17H2,1-2H3. The predicted molar refractivity (Wildman–Crippen MR) is 123 cm³/mol. The maximum atomic E-state index is 5.40. The number of hydrogen-bond acceptors (Lipinski definition) is 7. The number of aromatic nitrogens is 4. The number of rotatable bonds is 6. The van der Waals surface area contributed by atoms with E-state index in [0.717, 1.165) is 66.8 Å². The second-order valence-electron chi connectivity index (χ2n) is 7.75. The number of anilines is 1. The van der Waals surface area contributed by atoms with Crippen LogP contribution < -0.4 is 14.4 Å². The summed E-state index contributed by atoms with van der Waals surface area (Å²) in [4.78, 5) is 18.4. The molecule has 0 saturated carbocycles. The lowest BCUT2D eigenvalue weighted by atomic mass is 10.1. The summed E-state index contributed by atoms with van der Waals surface area (Å²) in [6, 6.07) is 12.1. The van der Waals surface area contributed by atoms with E-state index < -0.39 is 0 Å². The summed E-state index contributed by atoms with van der Waals surface area (Å²) in [6.45, 7) is 4.48. The largest absolute Gasteiger partial charge is 0.497 e. The number of methoxy groups -OCH3 is 2. The third kappa shape index (κ3) is 3.85. The summed E-state index contributed by atoms with van der Waals surface area (Å²) in [5.74, 6) is 2.46. The molecule has 0 bridgehead atoms. The molecule has 0 spiro atoms. The molecule has 1 aliphatic rings. The van der Waals surface area contributed by atoms with Crippen molar-refractivity contribution >= 4 is 11.5 Å². The zero-order valence-corrected chi connectivity index (χ0v) is 18.3. The molecular weight excluding hydrogens is 404 g/mol. The molecule has 0 radical (unpaired) electrons. The number of ether oxygens (including phenoxy) is 2. The number of nitrogens with zero attached hydrogens (tertiary/aromatic N) is 6. The third-order valence-corrected chi connectivity index (χ3v) is 5.90. The van der Waals surface area contributed by atoms with Gasteiger partial charge in [-0.25, -0.2) is 15.0 Å². The van der Waals surface area contributed by atoms with Gasteiger partial charge in [0.15, 0.2) is 11.5 Å². The molecule has 4 aromatic rings. The fourth-order valence-electron chi connectivity index (χ4n) is 4.19. The van der Waals surface area contributed by atoms with Gasteiger partial charge in [-0.05, 0) is 30.3 Å². The average Bonchev–Trinajstić information content (AvgIpc) is 3.29. The van der Waals surface area contributed by atoms with E-state index in [4.69, 9.17) is 14.5 Å². The lowest BCUT2D eigenvalue weighted by molar-refractivity contribution is 0.244. The van der Waals surface area contributed by atoms with E-state index in [9.17, 15) is 0 Å². The number of fused-ring (bicyclic) bond motifs is 1. The van der Waals surface area contributed by atoms with Gasteiger partial charge in [0.25, 0.3) is 0 Å². The monoisotopic (exact) mass is 430 g/mol. The molecule has 8 nitrogen and oxygen atoms in total. The Morgan fingerprint density at radius 1 is 0.875 bits per heavy atom. The summed E-state index contributed by atoms with van der Waals surface area (Å²) in [7, 11) is 3.34. The van der Waals surface area contributed by atoms with Crippen LogP contribution in [-0.2, 0) is 6.54 Å². The van der Waals surface area contributed by atoms with Crippen LogP contribution >= 0.6 is 0 Å². The Morgan fingerprint density at radius 3 is 2.44 bits per heavy atom. The van der Waals surface area contributed by atoms with E-state index in [-0.39, 0.29) is 0 Å². The summed E-state index contributed by atoms with van der Waals surface area (Å²) >= 11 is 0. The van der Waals surface area contributed by atoms with Crippen molar-refractivity contribution in [3.8, 4) is 22.9 Å². The van der Waals surface area contributed by atoms with Crippen molar-refractivity contribution < 1.29 is 9.47 Å². The van der Waals surface area contributed by atoms with E-state index in [2.05, 4.69) is 30.2 Å². The maximum Gasteiger partial charge on any atom is 0.217 e. The molecule has 1 aliphatic heterocycles. The Morgan fingerprint density at radius 2 is 1.69 bits per heavy atom. The smallest absolute Gasteiger partial charge is 0.217 e. The van der Waals surface area contributed by atoms with Gasteiger partial charge >= 0.3 is 0 Å². The average molecular weight is 431 g/mol. The lowest BCUT2D eigenvalue weighted by Crippen LogP contribution is -2.46. The van der Waals surface area contributed by atoms with Crippen LogP contribution in [0.25, 0.3) is 16.9 Å². The predicted octanol–water partition coefficient (Wildman–Crippen LogP) is 3.13. The van der Waals surface area contributed by atoms with Crippen LogP contribution in [0.2, 0.25) is 0 Å². The number of imidazole rings is 1. The van der Waals surface area contributed by atoms with Crippen LogP contribution in [0.5, 0.6) is 11.6 Å². The molecule has 1 aromatic carbocycles. The first-order valence-corrected chi connectivity index (χ1v) is 10.7. The fourth-order valence-corrected chi connectivity index (χ4v) is 4.19. The van der Waals surface area contributed by atoms with Crippen LogP contribution in [0, 0.1) is 0 Å². The maximum absolute atomic E-state index is 5.40. The lowest BCUT2D eigenvalue weighted by Gasteiger charge is -2.35. The highest BCUT2D eigenvalue weighted by molar-refractivity contribution is 5.71. The number of benzene rings is 1. The van der Waals surface area contributed by atoms with Gasteiger partial charge in [-0.15, -0.1) is 0 Å². The molecular formula is C24H26N6O2. The first-order chi connectivity index (χ1) is 15.8. The van der Waals surface area contributed by atoms with Gasteiger partial charge < -0.3 is 14.4 Å². The molecule has 1 fully saturated rings. The summed E-state index contributed by atoms with van der Waals surface area (Å²) < 4.78 is 12.8. The van der Waals surface area contributed by atoms with Crippen molar-refractivity contribution in [1.82, 2.24) is 24.3 Å². The number of pyridine rings is 1. The molecule has 0 N–H and O–H groups in total. The topological polar surface area (TPSA) is 68.0 Å². The SMILES string of the molecule is COc1ccc(-c2cnc3c(N4CCN(Cc5cccnc5OC)CC4)nccn23)cc1. The van der Waals surface area contributed by atoms with Crippen LogP contribution in [0.1, 0.15) is 5.56 Å². The van der Waals surface area contributed by atoms with Gasteiger partial charge in [0.05, 0.1) is 26.1 Å². The summed E-state index contributed by atoms with van der Waals surface area (Å²) in [5.41, 5.74) is 4.11. The minimum Gasteiger partial charge on any atom is -0.497 e. The fraction of sp³-hybridized carbons (Fsp3) is 0.292. The molecule has 8 heteroatoms. The Kier molecular flexibility index (Phi) is 5.60. The molecule has 0 amide bonds. The first-order valence-electron chi connectivity index (χ1n) is 10.7. The molecule has 4 heterocycles. The quantitative estimate of drug-likeness (QED) is 0.466. The number of hydrogen-bond donors (Lipinski definition) is 0. The second kappa shape index (κ2) is 8.84. The molecule has 0 unspecified atom stereocenters. The molecule has 0 atom stereocenters. The molecule has 3 aromatic heterocycles. The van der Waals surface area contributed by atoms with Crippen molar-refractivity contribution in [2.45, 2.75) is 6.54 Å². The van der Waals surface area contributed by atoms with Gasteiger partial charge in [0.1, 0.15) is 5.75 Å². The Hall–Kier alpha value is -3.65. The minimum absolute atomic E-state index is 0.699. The molecule has 5 rings (SSSR count). The van der Waals surface area contributed by atoms with Crippen molar-refractivity contribution in [2.75, 3.05) is 45.3 Å². The van der Waals surface area contributed by atoms with Gasteiger partial charge in [0.2, 0.25) is 5.88 Å². The van der Waals surface area contributed by atoms with E-state index in [1.807, 2.05) is 48.9 Å². The van der Waals surface area contributed by atoms with E-state index in [0.29, 0.717) is 5.88 Å². The highest BCUT2D eigenvalue weighted by Gasteiger charge is 2.22. The van der Waals surface area contributed by atoms with Crippen LogP contribution in [0.4, 0.5) is 5.82 Å². The highest BCUT2D eigenvalue weighted by atomic mass is 16.5. The molecule has 164 valence electrons. The molecule has 0 aliphatic carbocycles. The van der Waals surface area contributed by atoms with Gasteiger partial charge in [-0.1, -0.05) is 6.07 Å². The van der Waals surface area contributed by atoms with Crippen molar-refractivity contribution in [3.63, 3.8) is 0 Å². The van der Waals surface area contributed by atoms with Gasteiger partial charge in [-0.2, -0.15) is 0 Å². The van der Waals surface area contributed by atoms with Crippen LogP contribution in [0.15, 0.2) is 61.2 Å². The van der Waals surface area contributed by atoms with Crippen molar-refractivity contribution in [3.05, 3.63) is 66.7 Å². The summed E-state index contributed by atoms with van der Waals surface area (Å²) in [6.07, 6.45) is 7.49. The van der Waals surface area contributed by atoms with Crippen LogP contribution in [0.3, 0.4) is 0 Å². The molecule has 1 saturated heterocycles. The van der Waals surface area contributed by atoms with E-state index in [1.54, 1.807) is 20.4 Å². The Bertz CT molecular complexity index is 1200. The van der Waals surface area contributed by atoms with E-state index in [1.165, 1.54) is 0 Å². The summed E-state index contributed by atoms with van der Waals surface area (Å²) in [5, 5.41) is 0. The van der Waals surface area contributed by atoms with Crippen LogP contribution in [-0.4, -0.2) is 64.7 Å². The Labute approximate surface area is 187 Å². The highest BCUT2D eigenvalue weighted by Crippen LogP contribution is 2.27. The molecule has 32 heavy (non-hydrogen) atoms.